The second kappa shape index (κ2) is 8.94. The van der Waals surface area contributed by atoms with E-state index >= 15 is 0 Å². The predicted octanol–water partition coefficient (Wildman–Crippen LogP) is 2.88. The van der Waals surface area contributed by atoms with Gasteiger partial charge in [0.15, 0.2) is 0 Å². The van der Waals surface area contributed by atoms with E-state index in [4.69, 9.17) is 14.7 Å². The number of amides is 1. The van der Waals surface area contributed by atoms with Crippen LogP contribution in [0.2, 0.25) is 0 Å². The summed E-state index contributed by atoms with van der Waals surface area (Å²) in [5, 5.41) is 3.95. The van der Waals surface area contributed by atoms with Gasteiger partial charge in [0.1, 0.15) is 11.6 Å². The second-order valence-electron chi connectivity index (χ2n) is 6.78. The van der Waals surface area contributed by atoms with Crippen molar-refractivity contribution in [3.8, 4) is 0 Å². The molecular formula is C20H28N4O2. The van der Waals surface area contributed by atoms with Gasteiger partial charge < -0.3 is 15.0 Å². The van der Waals surface area contributed by atoms with E-state index in [1.54, 1.807) is 7.11 Å². The Morgan fingerprint density at radius 2 is 2.08 bits per heavy atom. The number of methoxy groups -OCH3 is 1. The van der Waals surface area contributed by atoms with Crippen LogP contribution in [0, 0.1) is 0 Å². The van der Waals surface area contributed by atoms with Crippen LogP contribution >= 0.6 is 0 Å². The molecular weight excluding hydrogens is 328 g/mol. The van der Waals surface area contributed by atoms with Gasteiger partial charge in [-0.25, -0.2) is 9.97 Å². The number of fused-ring (bicyclic) bond motifs is 1. The van der Waals surface area contributed by atoms with Crippen LogP contribution in [0.4, 0.5) is 5.82 Å². The molecule has 1 aromatic heterocycles. The van der Waals surface area contributed by atoms with Gasteiger partial charge in [-0.15, -0.1) is 0 Å². The van der Waals surface area contributed by atoms with Gasteiger partial charge >= 0.3 is 0 Å². The average molecular weight is 356 g/mol. The summed E-state index contributed by atoms with van der Waals surface area (Å²) >= 11 is 0. The summed E-state index contributed by atoms with van der Waals surface area (Å²) in [6.07, 6.45) is 3.80. The monoisotopic (exact) mass is 356 g/mol. The highest BCUT2D eigenvalue weighted by Crippen LogP contribution is 2.39. The first-order valence-electron chi connectivity index (χ1n) is 9.50. The van der Waals surface area contributed by atoms with Gasteiger partial charge in [0.05, 0.1) is 12.1 Å². The first kappa shape index (κ1) is 18.6. The summed E-state index contributed by atoms with van der Waals surface area (Å²) in [6, 6.07) is 8.16. The molecule has 0 unspecified atom stereocenters. The molecule has 6 nitrogen and oxygen atoms in total. The fourth-order valence-electron chi connectivity index (χ4n) is 3.05. The highest BCUT2D eigenvalue weighted by molar-refractivity contribution is 5.89. The zero-order valence-corrected chi connectivity index (χ0v) is 15.7. The molecule has 1 saturated carbocycles. The number of ether oxygens (including phenoxy) is 1. The van der Waals surface area contributed by atoms with Crippen LogP contribution in [0.3, 0.4) is 0 Å². The van der Waals surface area contributed by atoms with Gasteiger partial charge in [-0.1, -0.05) is 19.1 Å². The number of nitrogens with one attached hydrogen (secondary N) is 1. The number of hydrogen-bond acceptors (Lipinski definition) is 5. The quantitative estimate of drug-likeness (QED) is 0.663. The number of para-hydroxylation sites is 1. The molecule has 0 saturated heterocycles. The van der Waals surface area contributed by atoms with Gasteiger partial charge in [0.2, 0.25) is 5.91 Å². The molecule has 1 amide bonds. The van der Waals surface area contributed by atoms with Crippen molar-refractivity contribution in [2.45, 2.75) is 38.5 Å². The van der Waals surface area contributed by atoms with E-state index in [0.717, 1.165) is 35.5 Å². The fraction of sp³-hybridized carbons (Fsp3) is 0.550. The molecule has 1 aliphatic rings. The normalized spacial score (nSPS) is 13.8. The Morgan fingerprint density at radius 1 is 1.27 bits per heavy atom. The standard InChI is InChI=1S/C20H28N4O2/c1-3-12-24(13-10-18(25)21-11-14-26-2)20-16-6-4-5-7-17(16)22-19(23-20)15-8-9-15/h4-7,15H,3,8-14H2,1-2H3,(H,21,25). The molecule has 1 fully saturated rings. The number of nitrogens with zero attached hydrogens (tertiary/aromatic N) is 3. The smallest absolute Gasteiger partial charge is 0.221 e. The maximum atomic E-state index is 12.1. The molecule has 0 atom stereocenters. The minimum Gasteiger partial charge on any atom is -0.383 e. The Labute approximate surface area is 155 Å². The number of rotatable bonds is 10. The third kappa shape index (κ3) is 4.69. The van der Waals surface area contributed by atoms with Crippen molar-refractivity contribution in [1.29, 1.82) is 0 Å². The van der Waals surface area contributed by atoms with Crippen LogP contribution in [-0.2, 0) is 9.53 Å². The van der Waals surface area contributed by atoms with Crippen LogP contribution in [-0.4, -0.2) is 49.2 Å². The Kier molecular flexibility index (Phi) is 6.39. The number of carbonyl (C=O) groups excluding carboxylic acids is 1. The SMILES string of the molecule is CCCN(CCC(=O)NCCOC)c1nc(C2CC2)nc2ccccc12. The van der Waals surface area contributed by atoms with E-state index in [1.807, 2.05) is 18.2 Å². The van der Waals surface area contributed by atoms with Crippen molar-refractivity contribution < 1.29 is 9.53 Å². The largest absolute Gasteiger partial charge is 0.383 e. The molecule has 0 bridgehead atoms. The summed E-state index contributed by atoms with van der Waals surface area (Å²) < 4.78 is 4.97. The van der Waals surface area contributed by atoms with Crippen LogP contribution < -0.4 is 10.2 Å². The first-order chi connectivity index (χ1) is 12.7. The topological polar surface area (TPSA) is 67.4 Å². The molecule has 1 heterocycles. The third-order valence-electron chi connectivity index (χ3n) is 4.57. The fourth-order valence-corrected chi connectivity index (χ4v) is 3.05. The predicted molar refractivity (Wildman–Crippen MR) is 104 cm³/mol. The Balaban J connectivity index is 1.79. The van der Waals surface area contributed by atoms with Crippen LogP contribution in [0.25, 0.3) is 10.9 Å². The molecule has 6 heteroatoms. The van der Waals surface area contributed by atoms with Gasteiger partial charge in [-0.05, 0) is 31.4 Å². The van der Waals surface area contributed by atoms with E-state index in [1.165, 1.54) is 12.8 Å². The number of aromatic nitrogens is 2. The summed E-state index contributed by atoms with van der Waals surface area (Å²) in [4.78, 5) is 24.0. The molecule has 3 rings (SSSR count). The van der Waals surface area contributed by atoms with Gasteiger partial charge in [0.25, 0.3) is 0 Å². The lowest BCUT2D eigenvalue weighted by Crippen LogP contribution is -2.33. The average Bonchev–Trinajstić information content (AvgIpc) is 3.50. The summed E-state index contributed by atoms with van der Waals surface area (Å²) in [7, 11) is 1.63. The van der Waals surface area contributed by atoms with Crippen molar-refractivity contribution in [3.05, 3.63) is 30.1 Å². The van der Waals surface area contributed by atoms with E-state index in [2.05, 4.69) is 23.2 Å². The summed E-state index contributed by atoms with van der Waals surface area (Å²) in [5.74, 6) is 2.46. The van der Waals surface area contributed by atoms with Gasteiger partial charge in [-0.3, -0.25) is 4.79 Å². The second-order valence-corrected chi connectivity index (χ2v) is 6.78. The lowest BCUT2D eigenvalue weighted by atomic mass is 10.2. The van der Waals surface area contributed by atoms with Crippen molar-refractivity contribution >= 4 is 22.6 Å². The Morgan fingerprint density at radius 3 is 2.81 bits per heavy atom. The van der Waals surface area contributed by atoms with E-state index in [9.17, 15) is 4.79 Å². The Hall–Kier alpha value is -2.21. The van der Waals surface area contributed by atoms with Crippen molar-refractivity contribution in [2.75, 3.05) is 38.3 Å². The number of hydrogen-bond donors (Lipinski definition) is 1. The molecule has 2 aromatic rings. The van der Waals surface area contributed by atoms with E-state index < -0.39 is 0 Å². The number of carbonyl (C=O) groups is 1. The lowest BCUT2D eigenvalue weighted by molar-refractivity contribution is -0.121. The van der Waals surface area contributed by atoms with Crippen molar-refractivity contribution in [1.82, 2.24) is 15.3 Å². The Bertz CT molecular complexity index is 746. The first-order valence-corrected chi connectivity index (χ1v) is 9.50. The van der Waals surface area contributed by atoms with Crippen LogP contribution in [0.15, 0.2) is 24.3 Å². The zero-order valence-electron chi connectivity index (χ0n) is 15.7. The van der Waals surface area contributed by atoms with Crippen LogP contribution in [0.5, 0.6) is 0 Å². The molecule has 0 spiro atoms. The number of anilines is 1. The zero-order chi connectivity index (χ0) is 18.4. The minimum absolute atomic E-state index is 0.0453. The third-order valence-corrected chi connectivity index (χ3v) is 4.57. The summed E-state index contributed by atoms with van der Waals surface area (Å²) in [6.45, 7) is 4.75. The molecule has 0 radical (unpaired) electrons. The molecule has 140 valence electrons. The van der Waals surface area contributed by atoms with Gasteiger partial charge in [0, 0.05) is 44.5 Å². The highest BCUT2D eigenvalue weighted by atomic mass is 16.5. The van der Waals surface area contributed by atoms with Crippen molar-refractivity contribution in [3.63, 3.8) is 0 Å². The van der Waals surface area contributed by atoms with Crippen molar-refractivity contribution in [2.24, 2.45) is 0 Å². The molecule has 26 heavy (non-hydrogen) atoms. The number of benzene rings is 1. The molecule has 1 N–H and O–H groups in total. The maximum Gasteiger partial charge on any atom is 0.221 e. The molecule has 1 aliphatic carbocycles. The molecule has 0 aliphatic heterocycles. The minimum atomic E-state index is 0.0453. The maximum absolute atomic E-state index is 12.1. The van der Waals surface area contributed by atoms with E-state index in [-0.39, 0.29) is 5.91 Å². The summed E-state index contributed by atoms with van der Waals surface area (Å²) in [5.41, 5.74) is 0.991. The van der Waals surface area contributed by atoms with Gasteiger partial charge in [-0.2, -0.15) is 0 Å². The van der Waals surface area contributed by atoms with Crippen LogP contribution in [0.1, 0.15) is 44.3 Å². The molecule has 1 aromatic carbocycles. The lowest BCUT2D eigenvalue weighted by Gasteiger charge is -2.25. The van der Waals surface area contributed by atoms with E-state index in [0.29, 0.717) is 32.0 Å². The highest BCUT2D eigenvalue weighted by Gasteiger charge is 2.28.